The number of thiophene rings is 1. The summed E-state index contributed by atoms with van der Waals surface area (Å²) in [5, 5.41) is 7.49. The summed E-state index contributed by atoms with van der Waals surface area (Å²) < 4.78 is 7.35. The van der Waals surface area contributed by atoms with Gasteiger partial charge in [-0.05, 0) is 65.1 Å². The zero-order valence-electron chi connectivity index (χ0n) is 17.4. The van der Waals surface area contributed by atoms with Crippen molar-refractivity contribution in [3.63, 3.8) is 0 Å². The number of aromatic nitrogens is 1. The van der Waals surface area contributed by atoms with Crippen molar-refractivity contribution in [3.8, 4) is 5.75 Å². The average molecular weight is 424 g/mol. The predicted molar refractivity (Wildman–Crippen MR) is 121 cm³/mol. The quantitative estimate of drug-likeness (QED) is 0.587. The van der Waals surface area contributed by atoms with Crippen LogP contribution in [0.25, 0.3) is 0 Å². The molecule has 158 valence electrons. The van der Waals surface area contributed by atoms with Crippen molar-refractivity contribution >= 4 is 17.2 Å². The smallest absolute Gasteiger partial charge is 0.222 e. The van der Waals surface area contributed by atoms with Gasteiger partial charge in [0.25, 0.3) is 0 Å². The molecule has 30 heavy (non-hydrogen) atoms. The molecule has 1 aromatic carbocycles. The molecular weight excluding hydrogens is 394 g/mol. The van der Waals surface area contributed by atoms with Crippen molar-refractivity contribution < 1.29 is 9.53 Å². The molecular formula is C24H29N3O2S. The van der Waals surface area contributed by atoms with Gasteiger partial charge in [-0.2, -0.15) is 11.3 Å². The van der Waals surface area contributed by atoms with Crippen LogP contribution in [-0.4, -0.2) is 41.6 Å². The highest BCUT2D eigenvalue weighted by Gasteiger charge is 2.23. The van der Waals surface area contributed by atoms with Gasteiger partial charge in [-0.3, -0.25) is 9.69 Å². The Bertz CT molecular complexity index is 864. The van der Waals surface area contributed by atoms with E-state index < -0.39 is 0 Å². The number of piperidine rings is 1. The van der Waals surface area contributed by atoms with Gasteiger partial charge in [0.05, 0.1) is 19.6 Å². The minimum atomic E-state index is 0.0569. The molecule has 5 nitrogen and oxygen atoms in total. The standard InChI is InChI=1S/C24H29N3O2S/c1-29-22-6-4-19(5-7-22)17-26-13-8-21(9-14-26)25-24(28)16-23(20-10-15-30-18-20)27-11-2-3-12-27/h2-7,10-12,15,18,21,23H,8-9,13-14,16-17H2,1H3,(H,25,28)/t23-/m1/s1. The van der Waals surface area contributed by atoms with E-state index in [-0.39, 0.29) is 18.0 Å². The van der Waals surface area contributed by atoms with Gasteiger partial charge in [0.2, 0.25) is 5.91 Å². The van der Waals surface area contributed by atoms with Crippen molar-refractivity contribution in [2.75, 3.05) is 20.2 Å². The molecule has 6 heteroatoms. The summed E-state index contributed by atoms with van der Waals surface area (Å²) in [5.74, 6) is 1.02. The number of rotatable bonds is 8. The lowest BCUT2D eigenvalue weighted by Gasteiger charge is -2.32. The summed E-state index contributed by atoms with van der Waals surface area (Å²) in [6.07, 6.45) is 6.53. The van der Waals surface area contributed by atoms with Crippen molar-refractivity contribution in [1.29, 1.82) is 0 Å². The third-order valence-electron chi connectivity index (χ3n) is 5.81. The Morgan fingerprint density at radius 1 is 1.17 bits per heavy atom. The van der Waals surface area contributed by atoms with Crippen molar-refractivity contribution in [2.45, 2.75) is 37.9 Å². The van der Waals surface area contributed by atoms with Crippen molar-refractivity contribution in [2.24, 2.45) is 0 Å². The Balaban J connectivity index is 1.26. The van der Waals surface area contributed by atoms with Crippen LogP contribution in [0.5, 0.6) is 5.75 Å². The first kappa shape index (κ1) is 20.7. The molecule has 3 aromatic rings. The number of hydrogen-bond acceptors (Lipinski definition) is 4. The van der Waals surface area contributed by atoms with E-state index in [1.165, 1.54) is 11.1 Å². The number of methoxy groups -OCH3 is 1. The van der Waals surface area contributed by atoms with Gasteiger partial charge in [0, 0.05) is 38.1 Å². The molecule has 1 fully saturated rings. The minimum absolute atomic E-state index is 0.0569. The van der Waals surface area contributed by atoms with Gasteiger partial charge in [0.15, 0.2) is 0 Å². The number of nitrogens with zero attached hydrogens (tertiary/aromatic N) is 2. The molecule has 0 bridgehead atoms. The Kier molecular flexibility index (Phi) is 6.87. The normalized spacial score (nSPS) is 16.3. The number of ether oxygens (including phenoxy) is 1. The Morgan fingerprint density at radius 2 is 1.90 bits per heavy atom. The fourth-order valence-corrected chi connectivity index (χ4v) is 4.81. The zero-order chi connectivity index (χ0) is 20.8. The molecule has 1 amide bonds. The number of likely N-dealkylation sites (tertiary alicyclic amines) is 1. The number of carbonyl (C=O) groups is 1. The summed E-state index contributed by atoms with van der Waals surface area (Å²) in [5.41, 5.74) is 2.49. The Morgan fingerprint density at radius 3 is 2.53 bits per heavy atom. The van der Waals surface area contributed by atoms with Gasteiger partial charge in [-0.25, -0.2) is 0 Å². The van der Waals surface area contributed by atoms with E-state index >= 15 is 0 Å². The maximum atomic E-state index is 12.8. The highest BCUT2D eigenvalue weighted by atomic mass is 32.1. The van der Waals surface area contributed by atoms with Crippen molar-refractivity contribution in [3.05, 3.63) is 76.7 Å². The van der Waals surface area contributed by atoms with E-state index in [0.29, 0.717) is 6.42 Å². The second-order valence-electron chi connectivity index (χ2n) is 7.87. The summed E-state index contributed by atoms with van der Waals surface area (Å²) in [4.78, 5) is 15.3. The van der Waals surface area contributed by atoms with Crippen LogP contribution in [0.3, 0.4) is 0 Å². The lowest BCUT2D eigenvalue weighted by atomic mass is 10.0. The van der Waals surface area contributed by atoms with Gasteiger partial charge in [0.1, 0.15) is 5.75 Å². The van der Waals surface area contributed by atoms with Crippen molar-refractivity contribution in [1.82, 2.24) is 14.8 Å². The monoisotopic (exact) mass is 423 g/mol. The highest BCUT2D eigenvalue weighted by Crippen LogP contribution is 2.25. The average Bonchev–Trinajstić information content (AvgIpc) is 3.49. The van der Waals surface area contributed by atoms with Crippen LogP contribution in [0.4, 0.5) is 0 Å². The fourth-order valence-electron chi connectivity index (χ4n) is 4.10. The third kappa shape index (κ3) is 5.32. The van der Waals surface area contributed by atoms with Crippen LogP contribution in [0, 0.1) is 0 Å². The molecule has 3 heterocycles. The number of hydrogen-bond donors (Lipinski definition) is 1. The van der Waals surface area contributed by atoms with E-state index in [0.717, 1.165) is 38.2 Å². The van der Waals surface area contributed by atoms with Crippen LogP contribution >= 0.6 is 11.3 Å². The van der Waals surface area contributed by atoms with Crippen LogP contribution in [-0.2, 0) is 11.3 Å². The third-order valence-corrected chi connectivity index (χ3v) is 6.51. The molecule has 1 atom stereocenters. The molecule has 0 aliphatic carbocycles. The van der Waals surface area contributed by atoms with Crippen LogP contribution in [0.15, 0.2) is 65.6 Å². The lowest BCUT2D eigenvalue weighted by molar-refractivity contribution is -0.122. The zero-order valence-corrected chi connectivity index (χ0v) is 18.2. The van der Waals surface area contributed by atoms with Crippen LogP contribution < -0.4 is 10.1 Å². The number of carbonyl (C=O) groups excluding carboxylic acids is 1. The second kappa shape index (κ2) is 9.96. The first-order chi connectivity index (χ1) is 14.7. The minimum Gasteiger partial charge on any atom is -0.497 e. The molecule has 1 aliphatic heterocycles. The molecule has 2 aromatic heterocycles. The molecule has 1 N–H and O–H groups in total. The topological polar surface area (TPSA) is 46.5 Å². The summed E-state index contributed by atoms with van der Waals surface area (Å²) >= 11 is 1.67. The van der Waals surface area contributed by atoms with Gasteiger partial charge < -0.3 is 14.6 Å². The number of amides is 1. The van der Waals surface area contributed by atoms with E-state index in [2.05, 4.69) is 43.7 Å². The molecule has 0 unspecified atom stereocenters. The number of nitrogens with one attached hydrogen (secondary N) is 1. The van der Waals surface area contributed by atoms with E-state index in [1.54, 1.807) is 18.4 Å². The SMILES string of the molecule is COc1ccc(CN2CCC(NC(=O)C[C@H](c3ccsc3)n3cccc3)CC2)cc1. The molecule has 0 spiro atoms. The van der Waals surface area contributed by atoms with E-state index in [9.17, 15) is 4.79 Å². The van der Waals surface area contributed by atoms with Gasteiger partial charge in [-0.15, -0.1) is 0 Å². The summed E-state index contributed by atoms with van der Waals surface area (Å²) in [6, 6.07) is 14.7. The summed E-state index contributed by atoms with van der Waals surface area (Å²) in [7, 11) is 1.69. The van der Waals surface area contributed by atoms with E-state index in [1.807, 2.05) is 36.7 Å². The maximum absolute atomic E-state index is 12.8. The second-order valence-corrected chi connectivity index (χ2v) is 8.65. The predicted octanol–water partition coefficient (Wildman–Crippen LogP) is 4.32. The van der Waals surface area contributed by atoms with Gasteiger partial charge >= 0.3 is 0 Å². The van der Waals surface area contributed by atoms with Crippen LogP contribution in [0.1, 0.15) is 36.4 Å². The molecule has 4 rings (SSSR count). The molecule has 0 radical (unpaired) electrons. The lowest BCUT2D eigenvalue weighted by Crippen LogP contribution is -2.44. The van der Waals surface area contributed by atoms with E-state index in [4.69, 9.17) is 4.74 Å². The molecule has 0 saturated carbocycles. The molecule has 1 saturated heterocycles. The highest BCUT2D eigenvalue weighted by molar-refractivity contribution is 7.08. The van der Waals surface area contributed by atoms with Gasteiger partial charge in [-0.1, -0.05) is 12.1 Å². The Labute approximate surface area is 182 Å². The maximum Gasteiger partial charge on any atom is 0.222 e. The Hall–Kier alpha value is -2.57. The molecule has 1 aliphatic rings. The largest absolute Gasteiger partial charge is 0.497 e. The first-order valence-electron chi connectivity index (χ1n) is 10.5. The van der Waals surface area contributed by atoms with Crippen LogP contribution in [0.2, 0.25) is 0 Å². The number of benzene rings is 1. The first-order valence-corrected chi connectivity index (χ1v) is 11.4. The fraction of sp³-hybridized carbons (Fsp3) is 0.375. The summed E-state index contributed by atoms with van der Waals surface area (Å²) in [6.45, 7) is 2.95.